The predicted molar refractivity (Wildman–Crippen MR) is 57.5 cm³/mol. The van der Waals surface area contributed by atoms with E-state index in [2.05, 4.69) is 27.7 Å². The Balaban J connectivity index is 1.97. The fourth-order valence-corrected chi connectivity index (χ4v) is 4.05. The van der Waals surface area contributed by atoms with E-state index in [0.29, 0.717) is 0 Å². The molecule has 0 amide bonds. The van der Waals surface area contributed by atoms with Gasteiger partial charge in [-0.15, -0.1) is 0 Å². The van der Waals surface area contributed by atoms with Gasteiger partial charge in [-0.05, 0) is 41.9 Å². The highest BCUT2D eigenvalue weighted by Crippen LogP contribution is 2.64. The molecule has 0 heterocycles. The molecule has 0 heteroatoms. The first-order valence-corrected chi connectivity index (χ1v) is 6.16. The minimum absolute atomic E-state index is 0.910. The average Bonchev–Trinajstić information content (AvgIpc) is 2.63. The normalized spacial score (nSPS) is 45.0. The van der Waals surface area contributed by atoms with Gasteiger partial charge in [0.15, 0.2) is 0 Å². The molecule has 2 rings (SSSR count). The Hall–Kier alpha value is 0. The van der Waals surface area contributed by atoms with Gasteiger partial charge in [-0.25, -0.2) is 0 Å². The van der Waals surface area contributed by atoms with Crippen LogP contribution in [0.15, 0.2) is 0 Å². The highest BCUT2D eigenvalue weighted by Gasteiger charge is 2.58. The molecular formula is C13H24. The van der Waals surface area contributed by atoms with Gasteiger partial charge in [-0.2, -0.15) is 0 Å². The molecule has 0 radical (unpaired) electrons. The van der Waals surface area contributed by atoms with E-state index in [1.165, 1.54) is 12.8 Å². The Kier molecular flexibility index (Phi) is 2.42. The molecule has 2 aliphatic rings. The third-order valence-corrected chi connectivity index (χ3v) is 4.73. The standard InChI is InChI=1S/C13H24/c1-5-10(8(2)3)13-11-7-6-9(4)12(11)13/h8-13H,5-7H2,1-4H3. The summed E-state index contributed by atoms with van der Waals surface area (Å²) in [4.78, 5) is 0. The summed E-state index contributed by atoms with van der Waals surface area (Å²) in [5.41, 5.74) is 0. The van der Waals surface area contributed by atoms with Crippen LogP contribution in [0.1, 0.15) is 47.0 Å². The molecule has 0 N–H and O–H groups in total. The molecule has 5 unspecified atom stereocenters. The maximum atomic E-state index is 2.47. The summed E-state index contributed by atoms with van der Waals surface area (Å²) in [6.07, 6.45) is 4.46. The van der Waals surface area contributed by atoms with E-state index in [0.717, 1.165) is 35.5 Å². The Labute approximate surface area is 83.1 Å². The van der Waals surface area contributed by atoms with Crippen LogP contribution in [0, 0.1) is 35.5 Å². The third kappa shape index (κ3) is 1.43. The zero-order valence-electron chi connectivity index (χ0n) is 9.59. The molecule has 2 aliphatic carbocycles. The van der Waals surface area contributed by atoms with Crippen molar-refractivity contribution < 1.29 is 0 Å². The van der Waals surface area contributed by atoms with Crippen molar-refractivity contribution in [2.75, 3.05) is 0 Å². The van der Waals surface area contributed by atoms with Crippen molar-refractivity contribution in [3.63, 3.8) is 0 Å². The summed E-state index contributed by atoms with van der Waals surface area (Å²) in [7, 11) is 0. The van der Waals surface area contributed by atoms with Gasteiger partial charge >= 0.3 is 0 Å². The second kappa shape index (κ2) is 3.29. The van der Waals surface area contributed by atoms with Crippen LogP contribution < -0.4 is 0 Å². The Morgan fingerprint density at radius 3 is 2.31 bits per heavy atom. The summed E-state index contributed by atoms with van der Waals surface area (Å²) in [6, 6.07) is 0. The average molecular weight is 180 g/mol. The van der Waals surface area contributed by atoms with Crippen molar-refractivity contribution in [3.8, 4) is 0 Å². The van der Waals surface area contributed by atoms with E-state index in [1.54, 1.807) is 6.42 Å². The van der Waals surface area contributed by atoms with Crippen molar-refractivity contribution in [2.45, 2.75) is 47.0 Å². The maximum Gasteiger partial charge on any atom is -0.0319 e. The number of hydrogen-bond donors (Lipinski definition) is 0. The van der Waals surface area contributed by atoms with Gasteiger partial charge in [-0.3, -0.25) is 0 Å². The lowest BCUT2D eigenvalue weighted by molar-refractivity contribution is 0.274. The van der Waals surface area contributed by atoms with Gasteiger partial charge in [0.1, 0.15) is 0 Å². The first kappa shape index (κ1) is 9.55. The van der Waals surface area contributed by atoms with Crippen molar-refractivity contribution >= 4 is 0 Å². The van der Waals surface area contributed by atoms with Crippen LogP contribution in [0.25, 0.3) is 0 Å². The molecule has 0 bridgehead atoms. The fourth-order valence-electron chi connectivity index (χ4n) is 4.05. The molecule has 2 saturated carbocycles. The smallest absolute Gasteiger partial charge is 0.0319 e. The Morgan fingerprint density at radius 1 is 1.23 bits per heavy atom. The highest BCUT2D eigenvalue weighted by molar-refractivity contribution is 5.06. The Morgan fingerprint density at radius 2 is 1.92 bits per heavy atom. The largest absolute Gasteiger partial charge is 0.0651 e. The van der Waals surface area contributed by atoms with E-state index >= 15 is 0 Å². The monoisotopic (exact) mass is 180 g/mol. The predicted octanol–water partition coefficient (Wildman–Crippen LogP) is 3.96. The van der Waals surface area contributed by atoms with E-state index in [4.69, 9.17) is 0 Å². The zero-order chi connectivity index (χ0) is 9.59. The second-order valence-corrected chi connectivity index (χ2v) is 5.69. The zero-order valence-corrected chi connectivity index (χ0v) is 9.59. The van der Waals surface area contributed by atoms with E-state index in [-0.39, 0.29) is 0 Å². The van der Waals surface area contributed by atoms with Crippen LogP contribution >= 0.6 is 0 Å². The minimum Gasteiger partial charge on any atom is -0.0651 e. The Bertz CT molecular complexity index is 182. The molecule has 0 aliphatic heterocycles. The van der Waals surface area contributed by atoms with Crippen molar-refractivity contribution in [2.24, 2.45) is 35.5 Å². The van der Waals surface area contributed by atoms with Crippen LogP contribution in [-0.2, 0) is 0 Å². The molecule has 0 spiro atoms. The lowest BCUT2D eigenvalue weighted by Crippen LogP contribution is -2.14. The van der Waals surface area contributed by atoms with E-state index < -0.39 is 0 Å². The van der Waals surface area contributed by atoms with Crippen LogP contribution in [0.4, 0.5) is 0 Å². The molecular weight excluding hydrogens is 156 g/mol. The topological polar surface area (TPSA) is 0 Å². The van der Waals surface area contributed by atoms with Crippen molar-refractivity contribution in [1.82, 2.24) is 0 Å². The molecule has 76 valence electrons. The summed E-state index contributed by atoms with van der Waals surface area (Å²) in [5, 5.41) is 0. The SMILES string of the molecule is CCC(C(C)C)C1C2CCC(C)C21. The summed E-state index contributed by atoms with van der Waals surface area (Å²) in [6.45, 7) is 9.67. The van der Waals surface area contributed by atoms with Gasteiger partial charge in [0.2, 0.25) is 0 Å². The van der Waals surface area contributed by atoms with Crippen molar-refractivity contribution in [3.05, 3.63) is 0 Å². The molecule has 5 atom stereocenters. The molecule has 0 nitrogen and oxygen atoms in total. The number of rotatable bonds is 3. The summed E-state index contributed by atoms with van der Waals surface area (Å²) in [5.74, 6) is 6.37. The lowest BCUT2D eigenvalue weighted by atomic mass is 9.84. The maximum absolute atomic E-state index is 2.47. The molecule has 0 aromatic heterocycles. The molecule has 2 fully saturated rings. The first-order chi connectivity index (χ1) is 6.16. The number of fused-ring (bicyclic) bond motifs is 1. The highest BCUT2D eigenvalue weighted by atomic mass is 14.6. The van der Waals surface area contributed by atoms with E-state index in [9.17, 15) is 0 Å². The van der Waals surface area contributed by atoms with Gasteiger partial charge in [0.25, 0.3) is 0 Å². The van der Waals surface area contributed by atoms with Crippen molar-refractivity contribution in [1.29, 1.82) is 0 Å². The quantitative estimate of drug-likeness (QED) is 0.616. The van der Waals surface area contributed by atoms with Gasteiger partial charge in [0, 0.05) is 0 Å². The first-order valence-electron chi connectivity index (χ1n) is 6.16. The summed E-state index contributed by atoms with van der Waals surface area (Å²) >= 11 is 0. The third-order valence-electron chi connectivity index (χ3n) is 4.73. The van der Waals surface area contributed by atoms with Crippen LogP contribution in [0.3, 0.4) is 0 Å². The van der Waals surface area contributed by atoms with Gasteiger partial charge in [-0.1, -0.05) is 40.5 Å². The lowest BCUT2D eigenvalue weighted by Gasteiger charge is -2.22. The fraction of sp³-hybridized carbons (Fsp3) is 1.00. The molecule has 0 aromatic carbocycles. The molecule has 0 saturated heterocycles. The van der Waals surface area contributed by atoms with Gasteiger partial charge < -0.3 is 0 Å². The second-order valence-electron chi connectivity index (χ2n) is 5.69. The van der Waals surface area contributed by atoms with Gasteiger partial charge in [0.05, 0.1) is 0 Å². The summed E-state index contributed by atoms with van der Waals surface area (Å²) < 4.78 is 0. The minimum atomic E-state index is 0.910. The van der Waals surface area contributed by atoms with E-state index in [1.807, 2.05) is 0 Å². The number of hydrogen-bond acceptors (Lipinski definition) is 0. The molecule has 0 aromatic rings. The van der Waals surface area contributed by atoms with Crippen LogP contribution in [0.5, 0.6) is 0 Å². The molecule has 13 heavy (non-hydrogen) atoms. The van der Waals surface area contributed by atoms with Crippen LogP contribution in [0.2, 0.25) is 0 Å². The van der Waals surface area contributed by atoms with Crippen LogP contribution in [-0.4, -0.2) is 0 Å².